The monoisotopic (exact) mass is 401 g/mol. The van der Waals surface area contributed by atoms with Crippen molar-refractivity contribution in [2.24, 2.45) is 17.6 Å². The number of ether oxygens (including phenoxy) is 1. The number of nitriles is 1. The fraction of sp³-hybridized carbons (Fsp3) is 0.292. The molecule has 1 saturated carbocycles. The van der Waals surface area contributed by atoms with Crippen molar-refractivity contribution < 1.29 is 14.3 Å². The van der Waals surface area contributed by atoms with Crippen LogP contribution in [0.3, 0.4) is 0 Å². The number of aldehydes is 1. The SMILES string of the molecule is N#CC1CCCC1C(=O)C(N)Cc1c[nH]c2ccc(Oc3ccc(C=O)cc3)cc12. The summed E-state index contributed by atoms with van der Waals surface area (Å²) in [6, 6.07) is 14.2. The largest absolute Gasteiger partial charge is 0.457 e. The zero-order chi connectivity index (χ0) is 21.1. The normalized spacial score (nSPS) is 19.3. The third-order valence-corrected chi connectivity index (χ3v) is 5.84. The highest BCUT2D eigenvalue weighted by Crippen LogP contribution is 2.33. The first-order valence-corrected chi connectivity index (χ1v) is 10.1. The number of rotatable bonds is 7. The van der Waals surface area contributed by atoms with E-state index >= 15 is 0 Å². The smallest absolute Gasteiger partial charge is 0.154 e. The Morgan fingerprint density at radius 1 is 1.23 bits per heavy atom. The molecule has 6 heteroatoms. The number of benzene rings is 2. The molecule has 1 aliphatic carbocycles. The lowest BCUT2D eigenvalue weighted by Crippen LogP contribution is -2.38. The topological polar surface area (TPSA) is 109 Å². The Balaban J connectivity index is 1.51. The Labute approximate surface area is 174 Å². The molecule has 152 valence electrons. The zero-order valence-electron chi connectivity index (χ0n) is 16.5. The number of hydrogen-bond acceptors (Lipinski definition) is 5. The highest BCUT2D eigenvalue weighted by Gasteiger charge is 2.35. The van der Waals surface area contributed by atoms with Crippen LogP contribution in [0.4, 0.5) is 0 Å². The van der Waals surface area contributed by atoms with E-state index in [1.54, 1.807) is 24.3 Å². The van der Waals surface area contributed by atoms with E-state index in [1.807, 2.05) is 24.4 Å². The van der Waals surface area contributed by atoms with Crippen molar-refractivity contribution in [1.82, 2.24) is 4.98 Å². The molecule has 4 rings (SSSR count). The molecule has 3 atom stereocenters. The third-order valence-electron chi connectivity index (χ3n) is 5.84. The van der Waals surface area contributed by atoms with E-state index < -0.39 is 6.04 Å². The van der Waals surface area contributed by atoms with Crippen molar-refractivity contribution in [1.29, 1.82) is 5.26 Å². The molecule has 3 aromatic rings. The number of carbonyl (C=O) groups is 2. The van der Waals surface area contributed by atoms with Gasteiger partial charge in [0.15, 0.2) is 5.78 Å². The van der Waals surface area contributed by atoms with Crippen LogP contribution in [0.2, 0.25) is 0 Å². The quantitative estimate of drug-likeness (QED) is 0.578. The number of Topliss-reactive ketones (excluding diaryl/α,β-unsaturated/α-hetero) is 1. The molecule has 6 nitrogen and oxygen atoms in total. The predicted octanol–water partition coefficient (Wildman–Crippen LogP) is 4.15. The number of nitrogens with one attached hydrogen (secondary N) is 1. The standard InChI is InChI=1S/C24H23N3O3/c25-12-16-2-1-3-20(16)24(29)22(26)10-17-13-27-23-9-8-19(11-21(17)23)30-18-6-4-15(14-28)5-7-18/h4-9,11,13-14,16,20,22,27H,1-3,10,26H2. The molecule has 1 aliphatic rings. The fourth-order valence-electron chi connectivity index (χ4n) is 4.21. The van der Waals surface area contributed by atoms with Crippen molar-refractivity contribution in [3.63, 3.8) is 0 Å². The van der Waals surface area contributed by atoms with Gasteiger partial charge >= 0.3 is 0 Å². The lowest BCUT2D eigenvalue weighted by molar-refractivity contribution is -0.124. The van der Waals surface area contributed by atoms with Crippen LogP contribution in [0.15, 0.2) is 48.7 Å². The third kappa shape index (κ3) is 3.98. The number of nitrogens with two attached hydrogens (primary N) is 1. The van der Waals surface area contributed by atoms with Crippen molar-refractivity contribution in [3.05, 3.63) is 59.8 Å². The van der Waals surface area contributed by atoms with Crippen LogP contribution in [-0.2, 0) is 11.2 Å². The molecule has 1 fully saturated rings. The number of hydrogen-bond donors (Lipinski definition) is 2. The maximum absolute atomic E-state index is 12.8. The fourth-order valence-corrected chi connectivity index (χ4v) is 4.21. The Kier molecular flexibility index (Phi) is 5.64. The minimum absolute atomic E-state index is 0.0175. The molecule has 0 amide bonds. The summed E-state index contributed by atoms with van der Waals surface area (Å²) in [4.78, 5) is 26.8. The van der Waals surface area contributed by atoms with E-state index in [9.17, 15) is 14.9 Å². The Bertz CT molecular complexity index is 1110. The van der Waals surface area contributed by atoms with Gasteiger partial charge in [-0.2, -0.15) is 5.26 Å². The molecule has 30 heavy (non-hydrogen) atoms. The molecular formula is C24H23N3O3. The number of ketones is 1. The number of H-pyrrole nitrogens is 1. The lowest BCUT2D eigenvalue weighted by Gasteiger charge is -2.17. The first-order chi connectivity index (χ1) is 14.6. The second-order valence-electron chi connectivity index (χ2n) is 7.80. The van der Waals surface area contributed by atoms with Crippen molar-refractivity contribution in [2.45, 2.75) is 31.7 Å². The highest BCUT2D eigenvalue weighted by atomic mass is 16.5. The number of nitrogens with zero attached hydrogens (tertiary/aromatic N) is 1. The van der Waals surface area contributed by atoms with Gasteiger partial charge in [0, 0.05) is 28.6 Å². The first-order valence-electron chi connectivity index (χ1n) is 10.1. The van der Waals surface area contributed by atoms with Crippen LogP contribution < -0.4 is 10.5 Å². The van der Waals surface area contributed by atoms with E-state index in [0.29, 0.717) is 23.5 Å². The molecule has 3 N–H and O–H groups in total. The molecule has 0 aliphatic heterocycles. The van der Waals surface area contributed by atoms with Gasteiger partial charge in [-0.25, -0.2) is 0 Å². The molecule has 1 aromatic heterocycles. The van der Waals surface area contributed by atoms with Crippen LogP contribution in [0, 0.1) is 23.2 Å². The van der Waals surface area contributed by atoms with Crippen LogP contribution in [0.25, 0.3) is 10.9 Å². The van der Waals surface area contributed by atoms with Gasteiger partial charge in [-0.3, -0.25) is 9.59 Å². The number of carbonyl (C=O) groups excluding carboxylic acids is 2. The number of aromatic amines is 1. The molecule has 0 spiro atoms. The highest BCUT2D eigenvalue weighted by molar-refractivity contribution is 5.89. The molecule has 0 saturated heterocycles. The van der Waals surface area contributed by atoms with Crippen LogP contribution in [-0.4, -0.2) is 23.1 Å². The molecule has 1 heterocycles. The summed E-state index contributed by atoms with van der Waals surface area (Å²) in [5.41, 5.74) is 8.72. The summed E-state index contributed by atoms with van der Waals surface area (Å²) < 4.78 is 5.91. The van der Waals surface area contributed by atoms with E-state index in [0.717, 1.165) is 42.0 Å². The average molecular weight is 401 g/mol. The van der Waals surface area contributed by atoms with Gasteiger partial charge < -0.3 is 15.5 Å². The predicted molar refractivity (Wildman–Crippen MR) is 113 cm³/mol. The van der Waals surface area contributed by atoms with E-state index in [1.165, 1.54) is 0 Å². The minimum atomic E-state index is -0.636. The summed E-state index contributed by atoms with van der Waals surface area (Å²) in [7, 11) is 0. The Hall–Kier alpha value is -3.43. The van der Waals surface area contributed by atoms with E-state index in [4.69, 9.17) is 10.5 Å². The number of fused-ring (bicyclic) bond motifs is 1. The van der Waals surface area contributed by atoms with E-state index in [2.05, 4.69) is 11.1 Å². The summed E-state index contributed by atoms with van der Waals surface area (Å²) in [6.45, 7) is 0. The van der Waals surface area contributed by atoms with Gasteiger partial charge in [0.2, 0.25) is 0 Å². The van der Waals surface area contributed by atoms with Gasteiger partial charge in [-0.05, 0) is 67.3 Å². The second-order valence-corrected chi connectivity index (χ2v) is 7.80. The van der Waals surface area contributed by atoms with Crippen molar-refractivity contribution >= 4 is 23.0 Å². The first kappa shape index (κ1) is 19.9. The second kappa shape index (κ2) is 8.52. The maximum atomic E-state index is 12.8. The summed E-state index contributed by atoms with van der Waals surface area (Å²) in [5.74, 6) is 0.812. The molecule has 0 bridgehead atoms. The van der Waals surface area contributed by atoms with Gasteiger partial charge in [-0.1, -0.05) is 6.42 Å². The summed E-state index contributed by atoms with van der Waals surface area (Å²) >= 11 is 0. The molecule has 3 unspecified atom stereocenters. The summed E-state index contributed by atoms with van der Waals surface area (Å²) in [5, 5.41) is 10.2. The Morgan fingerprint density at radius 3 is 2.73 bits per heavy atom. The molecule has 0 radical (unpaired) electrons. The molecule has 2 aromatic carbocycles. The minimum Gasteiger partial charge on any atom is -0.457 e. The van der Waals surface area contributed by atoms with Gasteiger partial charge in [0.05, 0.1) is 18.0 Å². The van der Waals surface area contributed by atoms with Crippen molar-refractivity contribution in [2.75, 3.05) is 0 Å². The lowest BCUT2D eigenvalue weighted by atomic mass is 9.87. The van der Waals surface area contributed by atoms with Gasteiger partial charge in [-0.15, -0.1) is 0 Å². The van der Waals surface area contributed by atoms with Gasteiger partial charge in [0.1, 0.15) is 17.8 Å². The Morgan fingerprint density at radius 2 is 2.00 bits per heavy atom. The van der Waals surface area contributed by atoms with Crippen LogP contribution >= 0.6 is 0 Å². The van der Waals surface area contributed by atoms with E-state index in [-0.39, 0.29) is 17.6 Å². The van der Waals surface area contributed by atoms with Gasteiger partial charge in [0.25, 0.3) is 0 Å². The average Bonchev–Trinajstić information content (AvgIpc) is 3.40. The van der Waals surface area contributed by atoms with Crippen LogP contribution in [0.5, 0.6) is 11.5 Å². The van der Waals surface area contributed by atoms with Crippen LogP contribution in [0.1, 0.15) is 35.2 Å². The maximum Gasteiger partial charge on any atom is 0.154 e. The summed E-state index contributed by atoms with van der Waals surface area (Å²) in [6.07, 6.45) is 5.50. The zero-order valence-corrected chi connectivity index (χ0v) is 16.5. The number of aromatic nitrogens is 1. The van der Waals surface area contributed by atoms with Crippen molar-refractivity contribution in [3.8, 4) is 17.6 Å². The molecular weight excluding hydrogens is 378 g/mol.